The van der Waals surface area contributed by atoms with Crippen LogP contribution in [0.25, 0.3) is 11.1 Å². The highest BCUT2D eigenvalue weighted by Crippen LogP contribution is 2.23. The largest absolute Gasteiger partial charge is 0.490 e. The Balaban J connectivity index is 0.000000984. The number of halogens is 3. The van der Waals surface area contributed by atoms with Crippen LogP contribution in [-0.4, -0.2) is 59.3 Å². The molecule has 0 heterocycles. The Morgan fingerprint density at radius 3 is 1.81 bits per heavy atom. The number of urea groups is 1. The monoisotopic (exact) mass is 658 g/mol. The van der Waals surface area contributed by atoms with Crippen molar-refractivity contribution in [2.45, 2.75) is 50.9 Å². The number of rotatable bonds is 14. The SMILES string of the molecule is CC(NC(=O)NCCCCC(=O)NCC(=O)NC(CC(=O)O)c1ccc(-c2ccccc2)cc1)c1ccccc1.O=C(O)C(F)(F)F. The summed E-state index contributed by atoms with van der Waals surface area (Å²) >= 11 is 0. The van der Waals surface area contributed by atoms with Crippen molar-refractivity contribution in [3.63, 3.8) is 0 Å². The van der Waals surface area contributed by atoms with E-state index in [2.05, 4.69) is 21.3 Å². The summed E-state index contributed by atoms with van der Waals surface area (Å²) < 4.78 is 31.7. The van der Waals surface area contributed by atoms with Gasteiger partial charge in [-0.15, -0.1) is 0 Å². The fourth-order valence-corrected chi connectivity index (χ4v) is 4.16. The van der Waals surface area contributed by atoms with Crippen molar-refractivity contribution in [3.8, 4) is 11.1 Å². The highest BCUT2D eigenvalue weighted by Gasteiger charge is 2.38. The number of amides is 4. The molecule has 2 unspecified atom stereocenters. The van der Waals surface area contributed by atoms with E-state index in [1.165, 1.54) is 0 Å². The first-order valence-electron chi connectivity index (χ1n) is 14.6. The lowest BCUT2D eigenvalue weighted by Gasteiger charge is -2.18. The van der Waals surface area contributed by atoms with Gasteiger partial charge in [-0.2, -0.15) is 13.2 Å². The molecule has 3 aromatic carbocycles. The molecule has 0 aliphatic rings. The van der Waals surface area contributed by atoms with E-state index in [1.54, 1.807) is 12.1 Å². The van der Waals surface area contributed by atoms with Gasteiger partial charge in [0, 0.05) is 13.0 Å². The number of hydrogen-bond acceptors (Lipinski definition) is 5. The van der Waals surface area contributed by atoms with Gasteiger partial charge in [0.15, 0.2) is 0 Å². The summed E-state index contributed by atoms with van der Waals surface area (Å²) in [5.41, 5.74) is 3.69. The minimum Gasteiger partial charge on any atom is -0.481 e. The van der Waals surface area contributed by atoms with Gasteiger partial charge in [-0.05, 0) is 42.0 Å². The third-order valence-corrected chi connectivity index (χ3v) is 6.59. The van der Waals surface area contributed by atoms with Crippen LogP contribution >= 0.6 is 0 Å². The Kier molecular flexibility index (Phi) is 15.4. The van der Waals surface area contributed by atoms with E-state index in [0.717, 1.165) is 16.7 Å². The number of benzene rings is 3. The van der Waals surface area contributed by atoms with Gasteiger partial charge in [0.05, 0.1) is 25.0 Å². The zero-order valence-electron chi connectivity index (χ0n) is 25.5. The summed E-state index contributed by atoms with van der Waals surface area (Å²) in [7, 11) is 0. The Hall–Kier alpha value is -5.40. The molecular formula is C33H37F3N4O7. The first kappa shape index (κ1) is 37.8. The quantitative estimate of drug-likeness (QED) is 0.133. The number of carbonyl (C=O) groups is 5. The number of hydrogen-bond donors (Lipinski definition) is 6. The van der Waals surface area contributed by atoms with Crippen molar-refractivity contribution in [2.75, 3.05) is 13.1 Å². The highest BCUT2D eigenvalue weighted by atomic mass is 19.4. The summed E-state index contributed by atoms with van der Waals surface area (Å²) in [6.07, 6.45) is -4.02. The maximum atomic E-state index is 12.5. The van der Waals surface area contributed by atoms with Crippen molar-refractivity contribution in [1.82, 2.24) is 21.3 Å². The van der Waals surface area contributed by atoms with Crippen molar-refractivity contribution >= 4 is 29.8 Å². The van der Waals surface area contributed by atoms with Gasteiger partial charge in [-0.1, -0.05) is 84.9 Å². The second-order valence-corrected chi connectivity index (χ2v) is 10.3. The lowest BCUT2D eigenvalue weighted by atomic mass is 9.99. The van der Waals surface area contributed by atoms with Crippen LogP contribution in [0.15, 0.2) is 84.9 Å². The molecule has 14 heteroatoms. The van der Waals surface area contributed by atoms with Crippen LogP contribution in [0.4, 0.5) is 18.0 Å². The van der Waals surface area contributed by atoms with E-state index in [9.17, 15) is 37.5 Å². The lowest BCUT2D eigenvalue weighted by molar-refractivity contribution is -0.192. The van der Waals surface area contributed by atoms with Crippen LogP contribution < -0.4 is 21.3 Å². The fourth-order valence-electron chi connectivity index (χ4n) is 4.16. The van der Waals surface area contributed by atoms with Gasteiger partial charge in [-0.3, -0.25) is 14.4 Å². The molecule has 47 heavy (non-hydrogen) atoms. The van der Waals surface area contributed by atoms with Crippen LogP contribution in [0.1, 0.15) is 55.8 Å². The number of unbranched alkanes of at least 4 members (excludes halogenated alkanes) is 1. The van der Waals surface area contributed by atoms with Crippen LogP contribution in [-0.2, 0) is 19.2 Å². The van der Waals surface area contributed by atoms with E-state index in [0.29, 0.717) is 24.9 Å². The van der Waals surface area contributed by atoms with Crippen molar-refractivity contribution in [1.29, 1.82) is 0 Å². The molecule has 11 nitrogen and oxygen atoms in total. The van der Waals surface area contributed by atoms with Gasteiger partial charge in [0.25, 0.3) is 0 Å². The third-order valence-electron chi connectivity index (χ3n) is 6.59. The second-order valence-electron chi connectivity index (χ2n) is 10.3. The number of alkyl halides is 3. The number of carboxylic acids is 2. The van der Waals surface area contributed by atoms with E-state index < -0.39 is 30.1 Å². The van der Waals surface area contributed by atoms with Crippen LogP contribution in [0.3, 0.4) is 0 Å². The average molecular weight is 659 g/mol. The number of nitrogens with one attached hydrogen (secondary N) is 4. The predicted molar refractivity (Wildman–Crippen MR) is 167 cm³/mol. The van der Waals surface area contributed by atoms with Crippen LogP contribution in [0.5, 0.6) is 0 Å². The predicted octanol–water partition coefficient (Wildman–Crippen LogP) is 4.97. The molecule has 3 aromatic rings. The molecular weight excluding hydrogens is 621 g/mol. The molecule has 6 N–H and O–H groups in total. The first-order chi connectivity index (χ1) is 22.3. The van der Waals surface area contributed by atoms with Crippen LogP contribution in [0.2, 0.25) is 0 Å². The summed E-state index contributed by atoms with van der Waals surface area (Å²) in [4.78, 5) is 57.0. The van der Waals surface area contributed by atoms with Gasteiger partial charge in [0.1, 0.15) is 0 Å². The highest BCUT2D eigenvalue weighted by molar-refractivity contribution is 5.85. The summed E-state index contributed by atoms with van der Waals surface area (Å²) in [5.74, 6) is -4.57. The van der Waals surface area contributed by atoms with E-state index in [1.807, 2.05) is 79.7 Å². The molecule has 0 aliphatic heterocycles. The van der Waals surface area contributed by atoms with Gasteiger partial charge in [-0.25, -0.2) is 9.59 Å². The van der Waals surface area contributed by atoms with E-state index in [4.69, 9.17) is 9.90 Å². The second kappa shape index (κ2) is 19.2. The molecule has 0 aromatic heterocycles. The molecule has 0 aliphatic carbocycles. The summed E-state index contributed by atoms with van der Waals surface area (Å²) in [6, 6.07) is 25.6. The Labute approximate surface area is 269 Å². The number of aliphatic carboxylic acids is 2. The smallest absolute Gasteiger partial charge is 0.481 e. The Bertz CT molecular complexity index is 1450. The average Bonchev–Trinajstić information content (AvgIpc) is 3.04. The molecule has 252 valence electrons. The van der Waals surface area contributed by atoms with Crippen molar-refractivity contribution in [3.05, 3.63) is 96.1 Å². The zero-order chi connectivity index (χ0) is 34.8. The molecule has 0 spiro atoms. The number of carboxylic acid groups (broad SMARTS) is 2. The molecule has 0 radical (unpaired) electrons. The van der Waals surface area contributed by atoms with Crippen molar-refractivity contribution < 1.29 is 47.4 Å². The molecule has 3 rings (SSSR count). The topological polar surface area (TPSA) is 174 Å². The fraction of sp³-hybridized carbons (Fsp3) is 0.303. The molecule has 4 amide bonds. The Morgan fingerprint density at radius 2 is 1.26 bits per heavy atom. The molecule has 0 fully saturated rings. The standard InChI is InChI=1S/C31H36N4O5.C2HF3O2/c1-22(23-10-4-2-5-11-23)34-31(40)32-19-9-8-14-28(36)33-21-29(37)35-27(20-30(38)39)26-17-15-25(16-18-26)24-12-6-3-7-13-24;3-2(4,5)1(6)7/h2-7,10-13,15-18,22,27H,8-9,14,19-21H2,1H3,(H,33,36)(H,35,37)(H,38,39)(H2,32,34,40);(H,6,7). The van der Waals surface area contributed by atoms with Crippen LogP contribution in [0, 0.1) is 0 Å². The first-order valence-corrected chi connectivity index (χ1v) is 14.6. The zero-order valence-corrected chi connectivity index (χ0v) is 25.5. The summed E-state index contributed by atoms with van der Waals surface area (Å²) in [6.45, 7) is 2.07. The minimum absolute atomic E-state index is 0.123. The molecule has 0 saturated heterocycles. The lowest BCUT2D eigenvalue weighted by Crippen LogP contribution is -2.39. The normalized spacial score (nSPS) is 11.9. The minimum atomic E-state index is -5.08. The van der Waals surface area contributed by atoms with Crippen molar-refractivity contribution in [2.24, 2.45) is 0 Å². The van der Waals surface area contributed by atoms with Gasteiger partial charge in [0.2, 0.25) is 11.8 Å². The van der Waals surface area contributed by atoms with E-state index >= 15 is 0 Å². The number of carbonyl (C=O) groups excluding carboxylic acids is 3. The maximum absolute atomic E-state index is 12.5. The molecule has 2 atom stereocenters. The van der Waals surface area contributed by atoms with E-state index in [-0.39, 0.29) is 37.4 Å². The summed E-state index contributed by atoms with van der Waals surface area (Å²) in [5, 5.41) is 27.4. The Morgan fingerprint density at radius 1 is 0.702 bits per heavy atom. The molecule has 0 bridgehead atoms. The maximum Gasteiger partial charge on any atom is 0.490 e. The third kappa shape index (κ3) is 15.0. The van der Waals surface area contributed by atoms with Gasteiger partial charge < -0.3 is 31.5 Å². The van der Waals surface area contributed by atoms with Gasteiger partial charge >= 0.3 is 24.1 Å². The molecule has 0 saturated carbocycles.